The molecule has 3 rings (SSSR count). The molecule has 0 radical (unpaired) electrons. The number of nitrogens with zero attached hydrogens (tertiary/aromatic N) is 1. The van der Waals surface area contributed by atoms with Crippen molar-refractivity contribution in [2.24, 2.45) is 0 Å². The fourth-order valence-electron chi connectivity index (χ4n) is 3.24. The summed E-state index contributed by atoms with van der Waals surface area (Å²) in [6.07, 6.45) is 0. The molecule has 1 N–H and O–H groups in total. The maximum atomic E-state index is 12.8. The Morgan fingerprint density at radius 2 is 1.61 bits per heavy atom. The van der Waals surface area contributed by atoms with Crippen LogP contribution < -0.4 is 9.62 Å². The van der Waals surface area contributed by atoms with Crippen molar-refractivity contribution in [2.75, 3.05) is 15.4 Å². The van der Waals surface area contributed by atoms with Crippen LogP contribution >= 0.6 is 0 Å². The summed E-state index contributed by atoms with van der Waals surface area (Å²) in [6.45, 7) is 7.79. The molecule has 31 heavy (non-hydrogen) atoms. The van der Waals surface area contributed by atoms with Gasteiger partial charge in [-0.2, -0.15) is 0 Å². The highest BCUT2D eigenvalue weighted by atomic mass is 32.2. The van der Waals surface area contributed by atoms with Crippen LogP contribution in [0.25, 0.3) is 0 Å². The van der Waals surface area contributed by atoms with E-state index in [-0.39, 0.29) is 18.2 Å². The first-order chi connectivity index (χ1) is 14.7. The molecule has 0 bridgehead atoms. The number of hydrogen-bond donors (Lipinski definition) is 1. The number of sulfonamides is 1. The molecule has 1 amide bonds. The molecule has 162 valence electrons. The minimum Gasteiger partial charge on any atom is -0.322 e. The van der Waals surface area contributed by atoms with Gasteiger partial charge in [0.1, 0.15) is 0 Å². The van der Waals surface area contributed by atoms with Crippen molar-refractivity contribution in [3.63, 3.8) is 0 Å². The van der Waals surface area contributed by atoms with Gasteiger partial charge in [-0.1, -0.05) is 35.9 Å². The van der Waals surface area contributed by atoms with Gasteiger partial charge in [0.15, 0.2) is 0 Å². The van der Waals surface area contributed by atoms with Gasteiger partial charge in [-0.25, -0.2) is 8.42 Å². The fourth-order valence-corrected chi connectivity index (χ4v) is 4.33. The summed E-state index contributed by atoms with van der Waals surface area (Å²) in [4.78, 5) is 12.4. The summed E-state index contributed by atoms with van der Waals surface area (Å²) in [5, 5.41) is 2.88. The van der Waals surface area contributed by atoms with Crippen LogP contribution in [0.1, 0.15) is 39.5 Å². The molecular weight excluding hydrogens is 408 g/mol. The highest BCUT2D eigenvalue weighted by Crippen LogP contribution is 2.25. The van der Waals surface area contributed by atoms with Crippen molar-refractivity contribution in [3.8, 4) is 0 Å². The lowest BCUT2D eigenvalue weighted by molar-refractivity contribution is 0.102. The molecule has 0 fully saturated rings. The van der Waals surface area contributed by atoms with Crippen molar-refractivity contribution in [1.82, 2.24) is 0 Å². The Hall–Kier alpha value is -3.12. The SMILES string of the molecule is CCS(=O)(=O)N(Cc1ccc(NC(=O)c2cccc(C)c2)cc1)c1ccc(C)c(C)c1. The summed E-state index contributed by atoms with van der Waals surface area (Å²) in [5.41, 5.74) is 5.93. The Bertz CT molecular complexity index is 1190. The van der Waals surface area contributed by atoms with Crippen molar-refractivity contribution in [1.29, 1.82) is 0 Å². The number of carbonyl (C=O) groups excluding carboxylic acids is 1. The first-order valence-corrected chi connectivity index (χ1v) is 11.8. The van der Waals surface area contributed by atoms with Crippen LogP contribution in [0, 0.1) is 20.8 Å². The van der Waals surface area contributed by atoms with Gasteiger partial charge in [0.2, 0.25) is 10.0 Å². The zero-order valence-electron chi connectivity index (χ0n) is 18.3. The summed E-state index contributed by atoms with van der Waals surface area (Å²) in [5.74, 6) is -0.161. The quantitative estimate of drug-likeness (QED) is 0.552. The van der Waals surface area contributed by atoms with E-state index in [2.05, 4.69) is 5.32 Å². The highest BCUT2D eigenvalue weighted by Gasteiger charge is 2.21. The van der Waals surface area contributed by atoms with Crippen molar-refractivity contribution in [2.45, 2.75) is 34.2 Å². The lowest BCUT2D eigenvalue weighted by Gasteiger charge is -2.25. The van der Waals surface area contributed by atoms with Crippen molar-refractivity contribution < 1.29 is 13.2 Å². The van der Waals surface area contributed by atoms with E-state index in [1.54, 1.807) is 25.1 Å². The van der Waals surface area contributed by atoms with Crippen LogP contribution in [-0.4, -0.2) is 20.1 Å². The summed E-state index contributed by atoms with van der Waals surface area (Å²) in [6, 6.07) is 20.3. The van der Waals surface area contributed by atoms with E-state index >= 15 is 0 Å². The third kappa shape index (κ3) is 5.52. The van der Waals surface area contributed by atoms with E-state index in [9.17, 15) is 13.2 Å². The summed E-state index contributed by atoms with van der Waals surface area (Å²) >= 11 is 0. The third-order valence-electron chi connectivity index (χ3n) is 5.30. The van der Waals surface area contributed by atoms with E-state index < -0.39 is 10.0 Å². The minimum absolute atomic E-state index is 0.0184. The lowest BCUT2D eigenvalue weighted by Crippen LogP contribution is -2.32. The van der Waals surface area contributed by atoms with Gasteiger partial charge < -0.3 is 5.32 Å². The Morgan fingerprint density at radius 1 is 0.903 bits per heavy atom. The highest BCUT2D eigenvalue weighted by molar-refractivity contribution is 7.92. The molecule has 3 aromatic rings. The van der Waals surface area contributed by atoms with Gasteiger partial charge in [-0.05, 0) is 80.8 Å². The zero-order chi connectivity index (χ0) is 22.6. The topological polar surface area (TPSA) is 66.5 Å². The maximum Gasteiger partial charge on any atom is 0.255 e. The standard InChI is InChI=1S/C25H28N2O3S/c1-5-31(29,30)27(24-14-9-19(3)20(4)16-24)17-21-10-12-23(13-11-21)26-25(28)22-8-6-7-18(2)15-22/h6-16H,5,17H2,1-4H3,(H,26,28). The Kier molecular flexibility index (Phi) is 6.81. The number of amides is 1. The Labute approximate surface area is 184 Å². The van der Waals surface area contributed by atoms with Crippen LogP contribution in [0.2, 0.25) is 0 Å². The molecule has 0 aliphatic rings. The van der Waals surface area contributed by atoms with E-state index in [4.69, 9.17) is 0 Å². The molecule has 0 spiro atoms. The van der Waals surface area contributed by atoms with Gasteiger partial charge in [0.25, 0.3) is 5.91 Å². The monoisotopic (exact) mass is 436 g/mol. The number of anilines is 2. The predicted octanol–water partition coefficient (Wildman–Crippen LogP) is 5.22. The van der Waals surface area contributed by atoms with E-state index in [0.717, 1.165) is 22.3 Å². The van der Waals surface area contributed by atoms with Crippen LogP contribution in [0.5, 0.6) is 0 Å². The fraction of sp³-hybridized carbons (Fsp3) is 0.240. The van der Waals surface area contributed by atoms with Crippen LogP contribution in [0.4, 0.5) is 11.4 Å². The number of aryl methyl sites for hydroxylation is 3. The number of rotatable bonds is 7. The largest absolute Gasteiger partial charge is 0.322 e. The molecular formula is C25H28N2O3S. The van der Waals surface area contributed by atoms with Gasteiger partial charge in [-0.3, -0.25) is 9.10 Å². The second kappa shape index (κ2) is 9.35. The van der Waals surface area contributed by atoms with Gasteiger partial charge >= 0.3 is 0 Å². The zero-order valence-corrected chi connectivity index (χ0v) is 19.2. The predicted molar refractivity (Wildman–Crippen MR) is 127 cm³/mol. The first-order valence-electron chi connectivity index (χ1n) is 10.2. The van der Waals surface area contributed by atoms with Crippen LogP contribution in [-0.2, 0) is 16.6 Å². The molecule has 0 atom stereocenters. The molecule has 0 aliphatic heterocycles. The smallest absolute Gasteiger partial charge is 0.255 e. The molecule has 0 aromatic heterocycles. The average Bonchev–Trinajstić information content (AvgIpc) is 2.75. The molecule has 0 saturated carbocycles. The molecule has 0 aliphatic carbocycles. The first kappa shape index (κ1) is 22.6. The van der Waals surface area contributed by atoms with Crippen molar-refractivity contribution in [3.05, 3.63) is 94.5 Å². The molecule has 0 heterocycles. The number of nitrogens with one attached hydrogen (secondary N) is 1. The van der Waals surface area contributed by atoms with Gasteiger partial charge in [0, 0.05) is 11.3 Å². The Balaban J connectivity index is 1.79. The molecule has 6 heteroatoms. The van der Waals surface area contributed by atoms with Crippen LogP contribution in [0.3, 0.4) is 0 Å². The van der Waals surface area contributed by atoms with E-state index in [1.807, 2.05) is 69.3 Å². The second-order valence-corrected chi connectivity index (χ2v) is 9.88. The van der Waals surface area contributed by atoms with E-state index in [0.29, 0.717) is 16.9 Å². The summed E-state index contributed by atoms with van der Waals surface area (Å²) in [7, 11) is -3.45. The maximum absolute atomic E-state index is 12.8. The molecule has 3 aromatic carbocycles. The normalized spacial score (nSPS) is 11.2. The van der Waals surface area contributed by atoms with Gasteiger partial charge in [-0.15, -0.1) is 0 Å². The minimum atomic E-state index is -3.45. The lowest BCUT2D eigenvalue weighted by atomic mass is 10.1. The second-order valence-electron chi connectivity index (χ2n) is 7.70. The number of carbonyl (C=O) groups is 1. The average molecular weight is 437 g/mol. The number of benzene rings is 3. The molecule has 5 nitrogen and oxygen atoms in total. The van der Waals surface area contributed by atoms with Crippen LogP contribution in [0.15, 0.2) is 66.7 Å². The van der Waals surface area contributed by atoms with Crippen molar-refractivity contribution >= 4 is 27.3 Å². The molecule has 0 unspecified atom stereocenters. The van der Waals surface area contributed by atoms with E-state index in [1.165, 1.54) is 4.31 Å². The summed E-state index contributed by atoms with van der Waals surface area (Å²) < 4.78 is 27.0. The van der Waals surface area contributed by atoms with Gasteiger partial charge in [0.05, 0.1) is 18.0 Å². The Morgan fingerprint density at radius 3 is 2.23 bits per heavy atom. The molecule has 0 saturated heterocycles. The third-order valence-corrected chi connectivity index (χ3v) is 7.04. The number of hydrogen-bond acceptors (Lipinski definition) is 3.